The molecule has 0 radical (unpaired) electrons. The number of anilines is 1. The molecule has 0 unspecified atom stereocenters. The van der Waals surface area contributed by atoms with Crippen LogP contribution in [0.15, 0.2) is 18.2 Å². The van der Waals surface area contributed by atoms with Gasteiger partial charge in [-0.2, -0.15) is 0 Å². The van der Waals surface area contributed by atoms with Crippen LogP contribution >= 0.6 is 0 Å². The van der Waals surface area contributed by atoms with Crippen molar-refractivity contribution in [2.45, 2.75) is 25.9 Å². The van der Waals surface area contributed by atoms with Gasteiger partial charge in [0.15, 0.2) is 0 Å². The lowest BCUT2D eigenvalue weighted by molar-refractivity contribution is 0.195. The van der Waals surface area contributed by atoms with Gasteiger partial charge in [-0.05, 0) is 37.0 Å². The van der Waals surface area contributed by atoms with Crippen molar-refractivity contribution in [2.75, 3.05) is 18.5 Å². The van der Waals surface area contributed by atoms with E-state index in [1.54, 1.807) is 0 Å². The Kier molecular flexibility index (Phi) is 2.46. The lowest BCUT2D eigenvalue weighted by Crippen LogP contribution is -2.12. The van der Waals surface area contributed by atoms with E-state index >= 15 is 0 Å². The molecule has 0 saturated carbocycles. The molecule has 0 fully saturated rings. The Balaban J connectivity index is 2.24. The van der Waals surface area contributed by atoms with E-state index in [2.05, 4.69) is 30.1 Å². The second kappa shape index (κ2) is 3.62. The van der Waals surface area contributed by atoms with Gasteiger partial charge in [-0.25, -0.2) is 0 Å². The molecule has 0 saturated heterocycles. The summed E-state index contributed by atoms with van der Waals surface area (Å²) in [4.78, 5) is 2.28. The second-order valence-corrected chi connectivity index (χ2v) is 4.19. The first-order valence-corrected chi connectivity index (χ1v) is 5.18. The standard InChI is InChI=1S/C12H17NO/c1-9(14)7-10-3-4-12-11(8-10)5-6-13(12)2/h3-4,8-9,14H,5-7H2,1-2H3/t9-/m1/s1. The van der Waals surface area contributed by atoms with Gasteiger partial charge in [0.2, 0.25) is 0 Å². The molecule has 2 heteroatoms. The number of likely N-dealkylation sites (N-methyl/N-ethyl adjacent to an activating group) is 1. The van der Waals surface area contributed by atoms with Crippen LogP contribution in [0.4, 0.5) is 5.69 Å². The highest BCUT2D eigenvalue weighted by atomic mass is 16.3. The summed E-state index contributed by atoms with van der Waals surface area (Å²) in [6.07, 6.45) is 1.66. The third kappa shape index (κ3) is 1.75. The summed E-state index contributed by atoms with van der Waals surface area (Å²) in [5, 5.41) is 9.30. The predicted molar refractivity (Wildman–Crippen MR) is 58.8 cm³/mol. The zero-order valence-corrected chi connectivity index (χ0v) is 8.83. The Morgan fingerprint density at radius 2 is 2.29 bits per heavy atom. The van der Waals surface area contributed by atoms with Crippen LogP contribution in [-0.4, -0.2) is 24.8 Å². The summed E-state index contributed by atoms with van der Waals surface area (Å²) in [6.45, 7) is 2.95. The zero-order chi connectivity index (χ0) is 10.1. The molecule has 1 aromatic rings. The molecule has 0 aromatic heterocycles. The fourth-order valence-corrected chi connectivity index (χ4v) is 2.09. The molecule has 2 nitrogen and oxygen atoms in total. The van der Waals surface area contributed by atoms with Crippen LogP contribution in [0.2, 0.25) is 0 Å². The van der Waals surface area contributed by atoms with Gasteiger partial charge >= 0.3 is 0 Å². The van der Waals surface area contributed by atoms with E-state index in [9.17, 15) is 5.11 Å². The van der Waals surface area contributed by atoms with Crippen molar-refractivity contribution in [3.63, 3.8) is 0 Å². The Morgan fingerprint density at radius 3 is 3.00 bits per heavy atom. The minimum Gasteiger partial charge on any atom is -0.393 e. The van der Waals surface area contributed by atoms with Crippen LogP contribution in [0, 0.1) is 0 Å². The highest BCUT2D eigenvalue weighted by molar-refractivity contribution is 5.58. The van der Waals surface area contributed by atoms with Crippen LogP contribution < -0.4 is 4.90 Å². The van der Waals surface area contributed by atoms with Gasteiger partial charge in [0.1, 0.15) is 0 Å². The number of hydrogen-bond acceptors (Lipinski definition) is 2. The number of benzene rings is 1. The first kappa shape index (κ1) is 9.53. The van der Waals surface area contributed by atoms with E-state index in [0.29, 0.717) is 0 Å². The zero-order valence-electron chi connectivity index (χ0n) is 8.83. The van der Waals surface area contributed by atoms with Crippen LogP contribution in [-0.2, 0) is 12.8 Å². The summed E-state index contributed by atoms with van der Waals surface area (Å²) >= 11 is 0. The maximum absolute atomic E-state index is 9.30. The molecule has 1 aliphatic rings. The van der Waals surface area contributed by atoms with Gasteiger partial charge in [0.05, 0.1) is 6.10 Å². The summed E-state index contributed by atoms with van der Waals surface area (Å²) in [7, 11) is 2.13. The third-order valence-corrected chi connectivity index (χ3v) is 2.80. The van der Waals surface area contributed by atoms with Crippen molar-refractivity contribution in [1.82, 2.24) is 0 Å². The first-order valence-electron chi connectivity index (χ1n) is 5.18. The Morgan fingerprint density at radius 1 is 1.50 bits per heavy atom. The molecule has 1 aliphatic heterocycles. The fourth-order valence-electron chi connectivity index (χ4n) is 2.09. The molecule has 14 heavy (non-hydrogen) atoms. The fraction of sp³-hybridized carbons (Fsp3) is 0.500. The molecule has 0 bridgehead atoms. The van der Waals surface area contributed by atoms with Gasteiger partial charge in [0.25, 0.3) is 0 Å². The summed E-state index contributed by atoms with van der Waals surface area (Å²) < 4.78 is 0. The lowest BCUT2D eigenvalue weighted by atomic mass is 10.0. The van der Waals surface area contributed by atoms with Crippen molar-refractivity contribution in [1.29, 1.82) is 0 Å². The van der Waals surface area contributed by atoms with Crippen LogP contribution in [0.1, 0.15) is 18.1 Å². The van der Waals surface area contributed by atoms with Crippen molar-refractivity contribution in [3.8, 4) is 0 Å². The van der Waals surface area contributed by atoms with E-state index in [-0.39, 0.29) is 6.10 Å². The smallest absolute Gasteiger partial charge is 0.0552 e. The minimum absolute atomic E-state index is 0.243. The number of hydrogen-bond donors (Lipinski definition) is 1. The van der Waals surface area contributed by atoms with Gasteiger partial charge < -0.3 is 10.0 Å². The maximum Gasteiger partial charge on any atom is 0.0552 e. The molecule has 1 N–H and O–H groups in total. The van der Waals surface area contributed by atoms with Gasteiger partial charge in [-0.1, -0.05) is 12.1 Å². The molecule has 2 rings (SSSR count). The molecule has 0 aliphatic carbocycles. The molecule has 1 aromatic carbocycles. The van der Waals surface area contributed by atoms with E-state index in [1.807, 2.05) is 6.92 Å². The first-order chi connectivity index (χ1) is 6.66. The predicted octanol–water partition coefficient (Wildman–Crippen LogP) is 1.60. The van der Waals surface area contributed by atoms with Crippen molar-refractivity contribution in [2.24, 2.45) is 0 Å². The highest BCUT2D eigenvalue weighted by Crippen LogP contribution is 2.27. The third-order valence-electron chi connectivity index (χ3n) is 2.80. The number of fused-ring (bicyclic) bond motifs is 1. The number of aliphatic hydroxyl groups is 1. The molecule has 1 atom stereocenters. The van der Waals surface area contributed by atoms with Crippen LogP contribution in [0.5, 0.6) is 0 Å². The number of nitrogens with zero attached hydrogens (tertiary/aromatic N) is 1. The monoisotopic (exact) mass is 191 g/mol. The second-order valence-electron chi connectivity index (χ2n) is 4.19. The van der Waals surface area contributed by atoms with Crippen molar-refractivity contribution >= 4 is 5.69 Å². The summed E-state index contributed by atoms with van der Waals surface area (Å²) in [6, 6.07) is 6.51. The number of aliphatic hydroxyl groups excluding tert-OH is 1. The van der Waals surface area contributed by atoms with E-state index in [0.717, 1.165) is 19.4 Å². The molecule has 0 spiro atoms. The van der Waals surface area contributed by atoms with E-state index < -0.39 is 0 Å². The highest BCUT2D eigenvalue weighted by Gasteiger charge is 2.15. The molecular weight excluding hydrogens is 174 g/mol. The largest absolute Gasteiger partial charge is 0.393 e. The topological polar surface area (TPSA) is 23.5 Å². The molecular formula is C12H17NO. The Labute approximate surface area is 85.2 Å². The van der Waals surface area contributed by atoms with E-state index in [1.165, 1.54) is 16.8 Å². The molecule has 1 heterocycles. The van der Waals surface area contributed by atoms with Crippen LogP contribution in [0.3, 0.4) is 0 Å². The minimum atomic E-state index is -0.243. The Hall–Kier alpha value is -1.02. The van der Waals surface area contributed by atoms with Crippen molar-refractivity contribution < 1.29 is 5.11 Å². The van der Waals surface area contributed by atoms with Gasteiger partial charge in [0, 0.05) is 19.3 Å². The Bertz CT molecular complexity index is 333. The van der Waals surface area contributed by atoms with Gasteiger partial charge in [-0.15, -0.1) is 0 Å². The molecule has 76 valence electrons. The van der Waals surface area contributed by atoms with Crippen LogP contribution in [0.25, 0.3) is 0 Å². The normalized spacial score (nSPS) is 16.9. The maximum atomic E-state index is 9.30. The SMILES string of the molecule is C[C@@H](O)Cc1ccc2c(c1)CCN2C. The summed E-state index contributed by atoms with van der Waals surface area (Å²) in [5.41, 5.74) is 4.01. The average molecular weight is 191 g/mol. The summed E-state index contributed by atoms with van der Waals surface area (Å²) in [5.74, 6) is 0. The molecule has 0 amide bonds. The van der Waals surface area contributed by atoms with Gasteiger partial charge in [-0.3, -0.25) is 0 Å². The number of rotatable bonds is 2. The lowest BCUT2D eigenvalue weighted by Gasteiger charge is -2.12. The van der Waals surface area contributed by atoms with Crippen molar-refractivity contribution in [3.05, 3.63) is 29.3 Å². The van der Waals surface area contributed by atoms with E-state index in [4.69, 9.17) is 0 Å². The average Bonchev–Trinajstić information content (AvgIpc) is 2.46. The quantitative estimate of drug-likeness (QED) is 0.767.